The lowest BCUT2D eigenvalue weighted by Crippen LogP contribution is -2.29. The van der Waals surface area contributed by atoms with Gasteiger partial charge in [-0.3, -0.25) is 14.5 Å². The lowest BCUT2D eigenvalue weighted by atomic mass is 10.2. The van der Waals surface area contributed by atoms with E-state index in [4.69, 9.17) is 4.52 Å². The average Bonchev–Trinajstić information content (AvgIpc) is 3.61. The minimum Gasteiger partial charge on any atom is -0.339 e. The second-order valence-corrected chi connectivity index (χ2v) is 7.74. The topological polar surface area (TPSA) is 98.7 Å². The molecule has 0 bridgehead atoms. The Labute approximate surface area is 162 Å². The van der Waals surface area contributed by atoms with Crippen LogP contribution in [0.2, 0.25) is 0 Å². The smallest absolute Gasteiger partial charge is 0.270 e. The van der Waals surface area contributed by atoms with Gasteiger partial charge in [0.05, 0.1) is 0 Å². The largest absolute Gasteiger partial charge is 0.339 e. The van der Waals surface area contributed by atoms with Crippen molar-refractivity contribution in [3.63, 3.8) is 0 Å². The predicted molar refractivity (Wildman–Crippen MR) is 100 cm³/mol. The van der Waals surface area contributed by atoms with Crippen LogP contribution in [-0.4, -0.2) is 30.8 Å². The molecule has 3 heterocycles. The van der Waals surface area contributed by atoms with Crippen LogP contribution in [0.3, 0.4) is 0 Å². The van der Waals surface area contributed by atoms with Crippen LogP contribution >= 0.6 is 0 Å². The van der Waals surface area contributed by atoms with Crippen LogP contribution in [0.15, 0.2) is 35.1 Å². The second-order valence-electron chi connectivity index (χ2n) is 7.74. The van der Waals surface area contributed by atoms with Crippen molar-refractivity contribution in [2.75, 3.05) is 0 Å². The summed E-state index contributed by atoms with van der Waals surface area (Å²) in [5, 5.41) is 11.3. The fraction of sp³-hybridized carbons (Fsp3) is 0.450. The van der Waals surface area contributed by atoms with Crippen LogP contribution in [0.5, 0.6) is 0 Å². The van der Waals surface area contributed by atoms with E-state index in [-0.39, 0.29) is 5.91 Å². The van der Waals surface area contributed by atoms with E-state index in [0.717, 1.165) is 17.8 Å². The maximum atomic E-state index is 12.6. The van der Waals surface area contributed by atoms with Crippen LogP contribution in [0.4, 0.5) is 0 Å². The van der Waals surface area contributed by atoms with Gasteiger partial charge in [0.2, 0.25) is 11.7 Å². The second kappa shape index (κ2) is 6.85. The highest BCUT2D eigenvalue weighted by Crippen LogP contribution is 2.39. The number of carbonyl (C=O) groups is 1. The highest BCUT2D eigenvalue weighted by molar-refractivity contribution is 5.92. The Morgan fingerprint density at radius 3 is 2.93 bits per heavy atom. The molecule has 2 fully saturated rings. The van der Waals surface area contributed by atoms with E-state index in [9.17, 15) is 4.79 Å². The van der Waals surface area contributed by atoms with E-state index < -0.39 is 6.04 Å². The summed E-state index contributed by atoms with van der Waals surface area (Å²) in [6.07, 6.45) is 8.24. The molecule has 1 N–H and O–H groups in total. The van der Waals surface area contributed by atoms with E-state index in [1.807, 2.05) is 19.1 Å². The lowest BCUT2D eigenvalue weighted by Gasteiger charge is -2.11. The first kappa shape index (κ1) is 17.1. The molecule has 0 radical (unpaired) electrons. The van der Waals surface area contributed by atoms with Crippen LogP contribution in [0.25, 0.3) is 11.4 Å². The molecular weight excluding hydrogens is 356 g/mol. The van der Waals surface area contributed by atoms with E-state index in [1.165, 1.54) is 25.7 Å². The van der Waals surface area contributed by atoms with Gasteiger partial charge in [0.15, 0.2) is 0 Å². The van der Waals surface area contributed by atoms with Gasteiger partial charge in [-0.25, -0.2) is 0 Å². The van der Waals surface area contributed by atoms with Gasteiger partial charge >= 0.3 is 0 Å². The highest BCUT2D eigenvalue weighted by atomic mass is 16.5. The molecule has 0 unspecified atom stereocenters. The molecule has 1 atom stereocenters. The summed E-state index contributed by atoms with van der Waals surface area (Å²) in [5.41, 5.74) is 2.52. The molecule has 2 saturated carbocycles. The molecule has 0 aliphatic heterocycles. The molecule has 0 saturated heterocycles. The zero-order valence-electron chi connectivity index (χ0n) is 15.7. The number of amides is 1. The van der Waals surface area contributed by atoms with Crippen molar-refractivity contribution in [1.29, 1.82) is 0 Å². The van der Waals surface area contributed by atoms with Crippen molar-refractivity contribution in [2.24, 2.45) is 5.92 Å². The molecule has 0 spiro atoms. The van der Waals surface area contributed by atoms with E-state index in [0.29, 0.717) is 29.2 Å². The third kappa shape index (κ3) is 3.54. The predicted octanol–water partition coefficient (Wildman–Crippen LogP) is 3.11. The molecule has 0 aromatic carbocycles. The van der Waals surface area contributed by atoms with E-state index in [2.05, 4.69) is 25.5 Å². The van der Waals surface area contributed by atoms with Crippen LogP contribution in [-0.2, 0) is 6.54 Å². The number of rotatable bonds is 7. The summed E-state index contributed by atoms with van der Waals surface area (Å²) in [7, 11) is 0. The molecule has 2 aliphatic rings. The third-order valence-electron chi connectivity index (χ3n) is 5.27. The first-order valence-electron chi connectivity index (χ1n) is 9.80. The number of nitrogens with one attached hydrogen (secondary N) is 1. The van der Waals surface area contributed by atoms with Gasteiger partial charge in [-0.1, -0.05) is 5.16 Å². The molecule has 28 heavy (non-hydrogen) atoms. The van der Waals surface area contributed by atoms with Gasteiger partial charge in [-0.05, 0) is 56.7 Å². The van der Waals surface area contributed by atoms with Crippen LogP contribution in [0.1, 0.15) is 66.6 Å². The highest BCUT2D eigenvalue weighted by Gasteiger charge is 2.27. The number of hydrogen-bond donors (Lipinski definition) is 1. The van der Waals surface area contributed by atoms with Crippen molar-refractivity contribution in [3.8, 4) is 11.4 Å². The fourth-order valence-electron chi connectivity index (χ4n) is 3.27. The summed E-state index contributed by atoms with van der Waals surface area (Å²) >= 11 is 0. The standard InChI is InChI=1S/C20H22N6O2/c1-12(23-19(27)17-7-9-22-26(17)11-13-2-3-13)20-24-18(25-28-20)15-6-8-21-16(10-15)14-4-5-14/h6-10,12-14H,2-5,11H2,1H3,(H,23,27)/t12-/m0/s1. The molecule has 8 nitrogen and oxygen atoms in total. The first-order chi connectivity index (χ1) is 13.7. The van der Waals surface area contributed by atoms with Crippen LogP contribution < -0.4 is 5.32 Å². The Morgan fingerprint density at radius 1 is 1.29 bits per heavy atom. The van der Waals surface area contributed by atoms with Crippen molar-refractivity contribution >= 4 is 5.91 Å². The molecule has 144 valence electrons. The minimum atomic E-state index is -0.400. The Balaban J connectivity index is 1.28. The Hall–Kier alpha value is -3.03. The molecule has 1 amide bonds. The summed E-state index contributed by atoms with van der Waals surface area (Å²) in [6.45, 7) is 2.62. The number of carbonyl (C=O) groups excluding carboxylic acids is 1. The Bertz CT molecular complexity index is 1000. The SMILES string of the molecule is C[C@H](NC(=O)c1ccnn1CC1CC1)c1nc(-c2ccnc(C3CC3)c2)no1. The number of hydrogen-bond acceptors (Lipinski definition) is 6. The van der Waals surface area contributed by atoms with Crippen molar-refractivity contribution in [2.45, 2.75) is 51.1 Å². The summed E-state index contributed by atoms with van der Waals surface area (Å²) in [6, 6.07) is 5.23. The van der Waals surface area contributed by atoms with Gasteiger partial charge in [-0.2, -0.15) is 10.1 Å². The third-order valence-corrected chi connectivity index (χ3v) is 5.27. The zero-order chi connectivity index (χ0) is 19.1. The molecule has 5 rings (SSSR count). The van der Waals surface area contributed by atoms with Gasteiger partial charge < -0.3 is 9.84 Å². The zero-order valence-corrected chi connectivity index (χ0v) is 15.7. The maximum Gasteiger partial charge on any atom is 0.270 e. The quantitative estimate of drug-likeness (QED) is 0.678. The summed E-state index contributed by atoms with van der Waals surface area (Å²) in [5.74, 6) is 1.90. The maximum absolute atomic E-state index is 12.6. The monoisotopic (exact) mass is 378 g/mol. The average molecular weight is 378 g/mol. The minimum absolute atomic E-state index is 0.190. The number of nitrogens with zero attached hydrogens (tertiary/aromatic N) is 5. The van der Waals surface area contributed by atoms with Gasteiger partial charge in [0, 0.05) is 36.1 Å². The molecule has 8 heteroatoms. The van der Waals surface area contributed by atoms with Gasteiger partial charge in [-0.15, -0.1) is 0 Å². The van der Waals surface area contributed by atoms with Crippen molar-refractivity contribution in [3.05, 3.63) is 47.9 Å². The van der Waals surface area contributed by atoms with Crippen molar-refractivity contribution < 1.29 is 9.32 Å². The van der Waals surface area contributed by atoms with Gasteiger partial charge in [0.1, 0.15) is 11.7 Å². The molecule has 3 aromatic heterocycles. The molecular formula is C20H22N6O2. The fourth-order valence-corrected chi connectivity index (χ4v) is 3.27. The van der Waals surface area contributed by atoms with Crippen LogP contribution in [0, 0.1) is 5.92 Å². The lowest BCUT2D eigenvalue weighted by molar-refractivity contribution is 0.0921. The van der Waals surface area contributed by atoms with E-state index in [1.54, 1.807) is 23.1 Å². The van der Waals surface area contributed by atoms with Gasteiger partial charge in [0.25, 0.3) is 5.91 Å². The molecule has 3 aromatic rings. The first-order valence-corrected chi connectivity index (χ1v) is 9.80. The van der Waals surface area contributed by atoms with E-state index >= 15 is 0 Å². The Morgan fingerprint density at radius 2 is 2.14 bits per heavy atom. The normalized spacial score (nSPS) is 17.5. The molecule has 2 aliphatic carbocycles. The summed E-state index contributed by atoms with van der Waals surface area (Å²) in [4.78, 5) is 21.5. The number of pyridine rings is 1. The van der Waals surface area contributed by atoms with Crippen molar-refractivity contribution in [1.82, 2.24) is 30.2 Å². The number of aromatic nitrogens is 5. The summed E-state index contributed by atoms with van der Waals surface area (Å²) < 4.78 is 7.17. The Kier molecular flexibility index (Phi) is 4.18.